The zero-order chi connectivity index (χ0) is 23.8. The first kappa shape index (κ1) is 22.9. The fourth-order valence-electron chi connectivity index (χ4n) is 3.65. The predicted molar refractivity (Wildman–Crippen MR) is 126 cm³/mol. The summed E-state index contributed by atoms with van der Waals surface area (Å²) < 4.78 is 5.37. The summed E-state index contributed by atoms with van der Waals surface area (Å²) in [6, 6.07) is 19.0. The van der Waals surface area contributed by atoms with Crippen LogP contribution in [-0.2, 0) is 11.3 Å². The highest BCUT2D eigenvalue weighted by Crippen LogP contribution is 2.32. The number of ether oxygens (including phenoxy) is 1. The quantitative estimate of drug-likeness (QED) is 0.363. The van der Waals surface area contributed by atoms with Gasteiger partial charge >= 0.3 is 5.69 Å². The number of para-hydroxylation sites is 1. The third-order valence-electron chi connectivity index (χ3n) is 5.34. The Balaban J connectivity index is 1.36. The summed E-state index contributed by atoms with van der Waals surface area (Å²) in [7, 11) is 0. The maximum atomic E-state index is 12.1. The minimum atomic E-state index is -0.541. The number of amides is 1. The second-order valence-electron chi connectivity index (χ2n) is 7.68. The molecule has 1 amide bonds. The van der Waals surface area contributed by atoms with Gasteiger partial charge in [-0.05, 0) is 17.7 Å². The third kappa shape index (κ3) is 5.95. The molecule has 1 aliphatic rings. The number of aromatic nitrogens is 2. The van der Waals surface area contributed by atoms with Gasteiger partial charge in [-0.1, -0.05) is 48.5 Å². The number of nitro groups is 1. The number of nitrogens with one attached hydrogen (secondary N) is 2. The van der Waals surface area contributed by atoms with E-state index in [9.17, 15) is 14.9 Å². The van der Waals surface area contributed by atoms with Gasteiger partial charge in [0.15, 0.2) is 6.61 Å². The number of benzene rings is 2. The molecule has 1 aliphatic heterocycles. The van der Waals surface area contributed by atoms with Gasteiger partial charge in [0, 0.05) is 32.7 Å². The lowest BCUT2D eigenvalue weighted by molar-refractivity contribution is -0.383. The zero-order valence-electron chi connectivity index (χ0n) is 18.5. The van der Waals surface area contributed by atoms with E-state index in [2.05, 4.69) is 37.9 Å². The molecule has 2 heterocycles. The molecule has 0 spiro atoms. The molecule has 11 heteroatoms. The van der Waals surface area contributed by atoms with Crippen LogP contribution in [0.15, 0.2) is 67.0 Å². The number of hydrazine groups is 1. The molecule has 0 unspecified atom stereocenters. The van der Waals surface area contributed by atoms with Crippen molar-refractivity contribution in [3.63, 3.8) is 0 Å². The smallest absolute Gasteiger partial charge is 0.355 e. The van der Waals surface area contributed by atoms with Gasteiger partial charge in [0.25, 0.3) is 5.91 Å². The van der Waals surface area contributed by atoms with E-state index in [0.717, 1.165) is 19.6 Å². The van der Waals surface area contributed by atoms with Gasteiger partial charge in [-0.3, -0.25) is 30.7 Å². The number of carbonyl (C=O) groups excluding carboxylic acids is 1. The molecule has 1 aromatic heterocycles. The van der Waals surface area contributed by atoms with Gasteiger partial charge in [0.2, 0.25) is 11.6 Å². The molecular formula is C23H25N7O4. The Morgan fingerprint density at radius 3 is 2.35 bits per heavy atom. The summed E-state index contributed by atoms with van der Waals surface area (Å²) in [4.78, 5) is 35.7. The Labute approximate surface area is 196 Å². The molecule has 2 aromatic carbocycles. The molecule has 0 saturated carbocycles. The molecule has 0 atom stereocenters. The van der Waals surface area contributed by atoms with Crippen LogP contribution in [0.5, 0.6) is 5.75 Å². The van der Waals surface area contributed by atoms with Gasteiger partial charge < -0.3 is 9.64 Å². The fraction of sp³-hybridized carbons (Fsp3) is 0.261. The third-order valence-corrected chi connectivity index (χ3v) is 5.34. The molecule has 11 nitrogen and oxygen atoms in total. The standard InChI is InChI=1S/C23H25N7O4/c31-20(16-34-19-9-5-2-6-10-19)26-27-22-21(30(32)33)23(25-17-24-22)29-13-11-28(12-14-29)15-18-7-3-1-4-8-18/h1-10,17H,11-16H2,(H,26,31)(H,24,25,27). The monoisotopic (exact) mass is 463 g/mol. The van der Waals surface area contributed by atoms with Crippen molar-refractivity contribution in [2.75, 3.05) is 43.1 Å². The molecule has 2 N–H and O–H groups in total. The van der Waals surface area contributed by atoms with E-state index in [1.807, 2.05) is 29.2 Å². The summed E-state index contributed by atoms with van der Waals surface area (Å²) in [6.07, 6.45) is 1.24. The number of carbonyl (C=O) groups is 1. The summed E-state index contributed by atoms with van der Waals surface area (Å²) in [5.41, 5.74) is 5.87. The minimum Gasteiger partial charge on any atom is -0.484 e. The van der Waals surface area contributed by atoms with E-state index < -0.39 is 10.8 Å². The Hall–Kier alpha value is -4.25. The Kier molecular flexibility index (Phi) is 7.45. The van der Waals surface area contributed by atoms with Crippen molar-refractivity contribution >= 4 is 23.2 Å². The van der Waals surface area contributed by atoms with E-state index in [1.54, 1.807) is 24.3 Å². The lowest BCUT2D eigenvalue weighted by atomic mass is 10.2. The number of hydrogen-bond donors (Lipinski definition) is 2. The molecule has 176 valence electrons. The Morgan fingerprint density at radius 2 is 1.68 bits per heavy atom. The van der Waals surface area contributed by atoms with Gasteiger partial charge in [0.1, 0.15) is 12.1 Å². The van der Waals surface area contributed by atoms with Crippen molar-refractivity contribution in [3.05, 3.63) is 82.7 Å². The van der Waals surface area contributed by atoms with E-state index in [1.165, 1.54) is 11.9 Å². The molecule has 3 aromatic rings. The normalized spacial score (nSPS) is 13.8. The molecular weight excluding hydrogens is 438 g/mol. The maximum Gasteiger partial charge on any atom is 0.355 e. The van der Waals surface area contributed by atoms with Crippen LogP contribution in [0.2, 0.25) is 0 Å². The van der Waals surface area contributed by atoms with Crippen LogP contribution in [-0.4, -0.2) is 58.5 Å². The van der Waals surface area contributed by atoms with Crippen LogP contribution in [0, 0.1) is 10.1 Å². The van der Waals surface area contributed by atoms with Crippen molar-refractivity contribution in [2.45, 2.75) is 6.54 Å². The van der Waals surface area contributed by atoms with Gasteiger partial charge in [-0.2, -0.15) is 0 Å². The van der Waals surface area contributed by atoms with E-state index >= 15 is 0 Å². The predicted octanol–water partition coefficient (Wildman–Crippen LogP) is 2.23. The first-order chi connectivity index (χ1) is 16.6. The lowest BCUT2D eigenvalue weighted by Gasteiger charge is -2.35. The Bertz CT molecular complexity index is 1110. The summed E-state index contributed by atoms with van der Waals surface area (Å²) in [5.74, 6) is 0.165. The molecule has 34 heavy (non-hydrogen) atoms. The fourth-order valence-corrected chi connectivity index (χ4v) is 3.65. The lowest BCUT2D eigenvalue weighted by Crippen LogP contribution is -2.46. The average Bonchev–Trinajstić information content (AvgIpc) is 2.87. The molecule has 0 bridgehead atoms. The number of anilines is 2. The van der Waals surface area contributed by atoms with Gasteiger partial charge in [0.05, 0.1) is 4.92 Å². The molecule has 0 aliphatic carbocycles. The topological polar surface area (TPSA) is 126 Å². The van der Waals surface area contributed by atoms with Crippen molar-refractivity contribution in [1.29, 1.82) is 0 Å². The van der Waals surface area contributed by atoms with Crippen LogP contribution >= 0.6 is 0 Å². The second-order valence-corrected chi connectivity index (χ2v) is 7.68. The summed E-state index contributed by atoms with van der Waals surface area (Å²) in [6.45, 7) is 3.22. The minimum absolute atomic E-state index is 0.0882. The van der Waals surface area contributed by atoms with E-state index in [0.29, 0.717) is 18.8 Å². The highest BCUT2D eigenvalue weighted by atomic mass is 16.6. The highest BCUT2D eigenvalue weighted by Gasteiger charge is 2.29. The van der Waals surface area contributed by atoms with E-state index in [-0.39, 0.29) is 23.9 Å². The van der Waals surface area contributed by atoms with Crippen LogP contribution in [0.25, 0.3) is 0 Å². The van der Waals surface area contributed by atoms with Crippen molar-refractivity contribution in [1.82, 2.24) is 20.3 Å². The molecule has 4 rings (SSSR count). The van der Waals surface area contributed by atoms with Gasteiger partial charge in [-0.15, -0.1) is 0 Å². The zero-order valence-corrected chi connectivity index (χ0v) is 18.5. The number of hydrogen-bond acceptors (Lipinski definition) is 9. The van der Waals surface area contributed by atoms with Crippen molar-refractivity contribution < 1.29 is 14.5 Å². The number of rotatable bonds is 9. The first-order valence-electron chi connectivity index (χ1n) is 10.8. The molecule has 1 fully saturated rings. The van der Waals surface area contributed by atoms with Crippen LogP contribution in [0.1, 0.15) is 5.56 Å². The maximum absolute atomic E-state index is 12.1. The van der Waals surface area contributed by atoms with Crippen LogP contribution in [0.4, 0.5) is 17.3 Å². The molecule has 1 saturated heterocycles. The van der Waals surface area contributed by atoms with Crippen LogP contribution in [0.3, 0.4) is 0 Å². The van der Waals surface area contributed by atoms with Gasteiger partial charge in [-0.25, -0.2) is 9.97 Å². The van der Waals surface area contributed by atoms with E-state index in [4.69, 9.17) is 4.74 Å². The number of piperazine rings is 1. The molecule has 0 radical (unpaired) electrons. The number of nitrogens with zero attached hydrogens (tertiary/aromatic N) is 5. The average molecular weight is 463 g/mol. The highest BCUT2D eigenvalue weighted by molar-refractivity contribution is 5.80. The Morgan fingerprint density at radius 1 is 1.00 bits per heavy atom. The summed E-state index contributed by atoms with van der Waals surface area (Å²) in [5, 5.41) is 11.9. The van der Waals surface area contributed by atoms with Crippen molar-refractivity contribution in [2.24, 2.45) is 0 Å². The van der Waals surface area contributed by atoms with Crippen molar-refractivity contribution in [3.8, 4) is 5.75 Å². The second kappa shape index (κ2) is 11.1. The SMILES string of the molecule is O=C(COc1ccccc1)NNc1ncnc(N2CCN(Cc3ccccc3)CC2)c1[N+](=O)[O-]. The summed E-state index contributed by atoms with van der Waals surface area (Å²) >= 11 is 0. The van der Waals surface area contributed by atoms with Crippen LogP contribution < -0.4 is 20.5 Å². The largest absolute Gasteiger partial charge is 0.484 e. The first-order valence-corrected chi connectivity index (χ1v) is 10.8.